The van der Waals surface area contributed by atoms with E-state index < -0.39 is 17.9 Å². The van der Waals surface area contributed by atoms with Crippen molar-refractivity contribution in [2.24, 2.45) is 5.73 Å². The average molecular weight is 291 g/mol. The summed E-state index contributed by atoms with van der Waals surface area (Å²) >= 11 is 0. The predicted octanol–water partition coefficient (Wildman–Crippen LogP) is 0.334. The van der Waals surface area contributed by atoms with Crippen LogP contribution in [-0.4, -0.2) is 39.7 Å². The second kappa shape index (κ2) is 6.27. The van der Waals surface area contributed by atoms with E-state index in [-0.39, 0.29) is 18.7 Å². The minimum absolute atomic E-state index is 0.0521. The fourth-order valence-corrected chi connectivity index (χ4v) is 2.09. The van der Waals surface area contributed by atoms with Crippen molar-refractivity contribution in [3.63, 3.8) is 0 Å². The van der Waals surface area contributed by atoms with Gasteiger partial charge in [0.25, 0.3) is 0 Å². The number of phenols is 1. The van der Waals surface area contributed by atoms with Gasteiger partial charge in [0.2, 0.25) is 5.91 Å². The number of carbonyl (C=O) groups is 2. The summed E-state index contributed by atoms with van der Waals surface area (Å²) in [5, 5.41) is 21.3. The molecule has 0 radical (unpaired) electrons. The number of rotatable bonds is 6. The molecule has 0 aliphatic carbocycles. The van der Waals surface area contributed by atoms with Crippen molar-refractivity contribution in [2.75, 3.05) is 6.54 Å². The first-order valence-electron chi connectivity index (χ1n) is 6.51. The smallest absolute Gasteiger partial charge is 0.305 e. The van der Waals surface area contributed by atoms with Crippen molar-refractivity contribution in [3.8, 4) is 5.75 Å². The van der Waals surface area contributed by atoms with Gasteiger partial charge in [-0.25, -0.2) is 0 Å². The highest BCUT2D eigenvalue weighted by Crippen LogP contribution is 2.23. The Balaban J connectivity index is 2.00. The number of carboxylic acids is 1. The molecule has 0 bridgehead atoms. The van der Waals surface area contributed by atoms with Gasteiger partial charge in [0.05, 0.1) is 12.5 Å². The number of amides is 1. The fourth-order valence-electron chi connectivity index (χ4n) is 2.09. The van der Waals surface area contributed by atoms with E-state index in [1.54, 1.807) is 24.4 Å². The number of carbonyl (C=O) groups excluding carboxylic acids is 1. The number of fused-ring (bicyclic) bond motifs is 1. The van der Waals surface area contributed by atoms with Gasteiger partial charge in [-0.1, -0.05) is 0 Å². The third kappa shape index (κ3) is 3.73. The zero-order valence-corrected chi connectivity index (χ0v) is 11.3. The van der Waals surface area contributed by atoms with E-state index in [1.165, 1.54) is 0 Å². The molecule has 0 saturated carbocycles. The van der Waals surface area contributed by atoms with Crippen LogP contribution in [0.25, 0.3) is 10.9 Å². The molecule has 0 aliphatic rings. The highest BCUT2D eigenvalue weighted by molar-refractivity contribution is 5.87. The third-order valence-electron chi connectivity index (χ3n) is 3.17. The number of aliphatic carboxylic acids is 1. The third-order valence-corrected chi connectivity index (χ3v) is 3.17. The number of hydrogen-bond donors (Lipinski definition) is 5. The second-order valence-corrected chi connectivity index (χ2v) is 4.79. The maximum Gasteiger partial charge on any atom is 0.305 e. The first-order chi connectivity index (χ1) is 9.97. The molecule has 7 heteroatoms. The molecule has 1 aromatic heterocycles. The van der Waals surface area contributed by atoms with Crippen molar-refractivity contribution >= 4 is 22.8 Å². The lowest BCUT2D eigenvalue weighted by molar-refractivity contribution is -0.136. The molecule has 0 unspecified atom stereocenters. The Morgan fingerprint density at radius 2 is 2.14 bits per heavy atom. The highest BCUT2D eigenvalue weighted by Gasteiger charge is 2.16. The van der Waals surface area contributed by atoms with Crippen LogP contribution in [0.3, 0.4) is 0 Å². The van der Waals surface area contributed by atoms with Crippen molar-refractivity contribution in [1.82, 2.24) is 10.3 Å². The molecular weight excluding hydrogens is 274 g/mol. The Labute approximate surface area is 120 Å². The number of benzene rings is 1. The topological polar surface area (TPSA) is 128 Å². The minimum Gasteiger partial charge on any atom is -0.508 e. The zero-order chi connectivity index (χ0) is 15.4. The summed E-state index contributed by atoms with van der Waals surface area (Å²) in [5.41, 5.74) is 7.49. The van der Waals surface area contributed by atoms with Gasteiger partial charge >= 0.3 is 5.97 Å². The Hall–Kier alpha value is -2.54. The van der Waals surface area contributed by atoms with Crippen molar-refractivity contribution in [1.29, 1.82) is 0 Å². The average Bonchev–Trinajstić information content (AvgIpc) is 2.80. The minimum atomic E-state index is -0.976. The molecule has 1 aromatic carbocycles. The van der Waals surface area contributed by atoms with Gasteiger partial charge < -0.3 is 26.2 Å². The van der Waals surface area contributed by atoms with Gasteiger partial charge in [-0.3, -0.25) is 9.59 Å². The molecular formula is C14H17N3O4. The van der Waals surface area contributed by atoms with Crippen LogP contribution in [0, 0.1) is 0 Å². The molecule has 0 saturated heterocycles. The lowest BCUT2D eigenvalue weighted by atomic mass is 10.0. The van der Waals surface area contributed by atoms with Crippen molar-refractivity contribution in [3.05, 3.63) is 30.0 Å². The first kappa shape index (κ1) is 14.9. The Morgan fingerprint density at radius 1 is 1.38 bits per heavy atom. The van der Waals surface area contributed by atoms with Crippen LogP contribution in [0.2, 0.25) is 0 Å². The molecule has 0 fully saturated rings. The Kier molecular flexibility index (Phi) is 4.44. The molecule has 2 aromatic rings. The summed E-state index contributed by atoms with van der Waals surface area (Å²) in [6, 6.07) is 4.14. The second-order valence-electron chi connectivity index (χ2n) is 4.79. The molecule has 1 amide bonds. The van der Waals surface area contributed by atoms with Gasteiger partial charge in [0.1, 0.15) is 5.75 Å². The highest BCUT2D eigenvalue weighted by atomic mass is 16.4. The van der Waals surface area contributed by atoms with Crippen LogP contribution in [-0.2, 0) is 16.0 Å². The number of H-pyrrole nitrogens is 1. The molecule has 21 heavy (non-hydrogen) atoms. The summed E-state index contributed by atoms with van der Waals surface area (Å²) in [6.45, 7) is 0.0521. The number of nitrogens with two attached hydrogens (primary N) is 1. The lowest BCUT2D eigenvalue weighted by Gasteiger charge is -2.11. The van der Waals surface area contributed by atoms with E-state index in [2.05, 4.69) is 10.3 Å². The van der Waals surface area contributed by atoms with Crippen LogP contribution in [0.15, 0.2) is 24.4 Å². The molecule has 7 nitrogen and oxygen atoms in total. The molecule has 1 heterocycles. The molecule has 0 aliphatic heterocycles. The van der Waals surface area contributed by atoms with E-state index in [0.29, 0.717) is 6.42 Å². The standard InChI is InChI=1S/C14H17N3O4/c15-11(14(21)16-4-3-13(19)20)5-8-7-17-12-2-1-9(18)6-10(8)12/h1-2,6-7,11,17-18H,3-5,15H2,(H,16,21)(H,19,20)/t11-/m0/s1. The largest absolute Gasteiger partial charge is 0.508 e. The van der Waals surface area contributed by atoms with Gasteiger partial charge in [0, 0.05) is 23.6 Å². The maximum atomic E-state index is 11.8. The summed E-state index contributed by atoms with van der Waals surface area (Å²) in [4.78, 5) is 25.2. The normalized spacial score (nSPS) is 12.2. The molecule has 6 N–H and O–H groups in total. The van der Waals surface area contributed by atoms with E-state index in [1.807, 2.05) is 0 Å². The van der Waals surface area contributed by atoms with E-state index in [9.17, 15) is 14.7 Å². The van der Waals surface area contributed by atoms with Gasteiger partial charge in [-0.15, -0.1) is 0 Å². The SMILES string of the molecule is N[C@@H](Cc1c[nH]c2ccc(O)cc12)C(=O)NCCC(=O)O. The number of carboxylic acid groups (broad SMARTS) is 1. The predicted molar refractivity (Wildman–Crippen MR) is 76.9 cm³/mol. The Morgan fingerprint density at radius 3 is 2.86 bits per heavy atom. The van der Waals surface area contributed by atoms with E-state index in [0.717, 1.165) is 16.5 Å². The molecule has 112 valence electrons. The van der Waals surface area contributed by atoms with Crippen LogP contribution >= 0.6 is 0 Å². The molecule has 0 spiro atoms. The number of hydrogen-bond acceptors (Lipinski definition) is 4. The summed E-state index contributed by atoms with van der Waals surface area (Å²) in [7, 11) is 0. The van der Waals surface area contributed by atoms with Gasteiger partial charge in [0.15, 0.2) is 0 Å². The van der Waals surface area contributed by atoms with E-state index in [4.69, 9.17) is 10.8 Å². The number of nitrogens with one attached hydrogen (secondary N) is 2. The Bertz CT molecular complexity index is 665. The monoisotopic (exact) mass is 291 g/mol. The van der Waals surface area contributed by atoms with Gasteiger partial charge in [-0.05, 0) is 30.2 Å². The summed E-state index contributed by atoms with van der Waals surface area (Å²) in [6.07, 6.45) is 1.90. The lowest BCUT2D eigenvalue weighted by Crippen LogP contribution is -2.42. The zero-order valence-electron chi connectivity index (χ0n) is 11.3. The number of aromatic hydroxyl groups is 1. The summed E-state index contributed by atoms with van der Waals surface area (Å²) in [5.74, 6) is -1.23. The van der Waals surface area contributed by atoms with Crippen LogP contribution in [0.5, 0.6) is 5.75 Å². The van der Waals surface area contributed by atoms with Gasteiger partial charge in [-0.2, -0.15) is 0 Å². The quantitative estimate of drug-likeness (QED) is 0.524. The summed E-state index contributed by atoms with van der Waals surface area (Å²) < 4.78 is 0. The van der Waals surface area contributed by atoms with Crippen LogP contribution in [0.1, 0.15) is 12.0 Å². The molecule has 1 atom stereocenters. The van der Waals surface area contributed by atoms with Crippen LogP contribution < -0.4 is 11.1 Å². The van der Waals surface area contributed by atoms with E-state index >= 15 is 0 Å². The van der Waals surface area contributed by atoms with Crippen molar-refractivity contribution < 1.29 is 19.8 Å². The van der Waals surface area contributed by atoms with Crippen molar-refractivity contribution in [2.45, 2.75) is 18.9 Å². The number of aromatic amines is 1. The fraction of sp³-hybridized carbons (Fsp3) is 0.286. The maximum absolute atomic E-state index is 11.8. The number of phenolic OH excluding ortho intramolecular Hbond substituents is 1. The first-order valence-corrected chi connectivity index (χ1v) is 6.51. The number of aromatic nitrogens is 1. The van der Waals surface area contributed by atoms with Crippen LogP contribution in [0.4, 0.5) is 0 Å². The molecule has 2 rings (SSSR count).